The number of nitrogens with one attached hydrogen (secondary N) is 3. The van der Waals surface area contributed by atoms with Gasteiger partial charge in [-0.1, -0.05) is 6.42 Å². The van der Waals surface area contributed by atoms with Gasteiger partial charge in [-0.25, -0.2) is 4.79 Å². The molecule has 3 amide bonds. The fourth-order valence-corrected chi connectivity index (χ4v) is 7.16. The van der Waals surface area contributed by atoms with Crippen LogP contribution in [0.2, 0.25) is 0 Å². The summed E-state index contributed by atoms with van der Waals surface area (Å²) in [5.41, 5.74) is 3.50. The molecule has 0 spiro atoms. The predicted molar refractivity (Wildman–Crippen MR) is 128 cm³/mol. The topological polar surface area (TPSA) is 73.5 Å². The van der Waals surface area contributed by atoms with E-state index in [-0.39, 0.29) is 24.0 Å². The predicted octanol–water partition coefficient (Wildman–Crippen LogP) is 3.98. The van der Waals surface area contributed by atoms with Crippen molar-refractivity contribution in [2.75, 3.05) is 22.5 Å². The van der Waals surface area contributed by atoms with Gasteiger partial charge in [-0.2, -0.15) is 11.8 Å². The number of hydrogen-bond donors (Lipinski definition) is 3. The number of urea groups is 1. The smallest absolute Gasteiger partial charge is 0.315 e. The Bertz CT molecular complexity index is 945. The number of carbonyl (C=O) groups excluding carboxylic acids is 2. The number of anilines is 2. The van der Waals surface area contributed by atoms with Crippen LogP contribution in [0.15, 0.2) is 35.7 Å². The molecule has 3 aliphatic rings. The second-order valence-corrected chi connectivity index (χ2v) is 10.8. The molecule has 0 radical (unpaired) electrons. The lowest BCUT2D eigenvalue weighted by molar-refractivity contribution is -0.116. The summed E-state index contributed by atoms with van der Waals surface area (Å²) in [4.78, 5) is 27.7. The zero-order valence-corrected chi connectivity index (χ0v) is 19.1. The van der Waals surface area contributed by atoms with Crippen molar-refractivity contribution in [1.82, 2.24) is 10.6 Å². The molecule has 1 aromatic carbocycles. The Balaban J connectivity index is 1.04. The van der Waals surface area contributed by atoms with Crippen molar-refractivity contribution in [2.45, 2.75) is 56.0 Å². The lowest BCUT2D eigenvalue weighted by Gasteiger charge is -2.29. The van der Waals surface area contributed by atoms with Gasteiger partial charge in [0.15, 0.2) is 0 Å². The largest absolute Gasteiger partial charge is 0.367 e. The lowest BCUT2D eigenvalue weighted by atomic mass is 10.0. The van der Waals surface area contributed by atoms with Gasteiger partial charge in [0.25, 0.3) is 0 Å². The standard InChI is InChI=1S/C23H28N4O2S2/c28-21(4-2-1-3-20-22-18(14-31-20)25-23(29)26-22)24-16-5-7-17(8-6-16)27-11-9-19-15(13-27)10-12-30-19/h5-8,10,12,18,20,22H,1-4,9,11,13-14H2,(H,24,28)(H2,25,26,29)/t18-,20-,22-/m0/s1. The monoisotopic (exact) mass is 456 g/mol. The van der Waals surface area contributed by atoms with Crippen molar-refractivity contribution in [3.8, 4) is 0 Å². The van der Waals surface area contributed by atoms with Gasteiger partial charge < -0.3 is 20.9 Å². The molecule has 4 heterocycles. The number of nitrogens with zero attached hydrogens (tertiary/aromatic N) is 1. The van der Waals surface area contributed by atoms with Crippen molar-refractivity contribution < 1.29 is 9.59 Å². The molecule has 3 N–H and O–H groups in total. The Morgan fingerprint density at radius 1 is 1.16 bits per heavy atom. The lowest BCUT2D eigenvalue weighted by Crippen LogP contribution is -2.36. The summed E-state index contributed by atoms with van der Waals surface area (Å²) in [6.45, 7) is 2.00. The highest BCUT2D eigenvalue weighted by molar-refractivity contribution is 8.00. The van der Waals surface area contributed by atoms with Crippen LogP contribution >= 0.6 is 23.1 Å². The highest BCUT2D eigenvalue weighted by Crippen LogP contribution is 2.33. The number of rotatable bonds is 7. The van der Waals surface area contributed by atoms with E-state index in [1.54, 1.807) is 0 Å². The second-order valence-electron chi connectivity index (χ2n) is 8.50. The van der Waals surface area contributed by atoms with E-state index in [2.05, 4.69) is 44.4 Å². The molecular formula is C23H28N4O2S2. The summed E-state index contributed by atoms with van der Waals surface area (Å²) in [5.74, 6) is 1.05. The van der Waals surface area contributed by atoms with Gasteiger partial charge in [-0.15, -0.1) is 11.3 Å². The average molecular weight is 457 g/mol. The summed E-state index contributed by atoms with van der Waals surface area (Å²) in [5, 5.41) is 11.7. The fourth-order valence-electron chi connectivity index (χ4n) is 4.72. The maximum atomic E-state index is 12.3. The molecule has 31 heavy (non-hydrogen) atoms. The summed E-state index contributed by atoms with van der Waals surface area (Å²) in [7, 11) is 0. The molecule has 0 aliphatic carbocycles. The van der Waals surface area contributed by atoms with Crippen molar-refractivity contribution in [3.63, 3.8) is 0 Å². The van der Waals surface area contributed by atoms with E-state index >= 15 is 0 Å². The van der Waals surface area contributed by atoms with E-state index in [4.69, 9.17) is 0 Å². The van der Waals surface area contributed by atoms with Crippen molar-refractivity contribution in [1.29, 1.82) is 0 Å². The molecule has 1 aromatic heterocycles. The molecule has 0 saturated carbocycles. The van der Waals surface area contributed by atoms with Crippen LogP contribution in [0.25, 0.3) is 0 Å². The number of benzene rings is 1. The van der Waals surface area contributed by atoms with E-state index in [0.717, 1.165) is 50.2 Å². The zero-order chi connectivity index (χ0) is 21.2. The van der Waals surface area contributed by atoms with Gasteiger partial charge in [0.1, 0.15) is 0 Å². The van der Waals surface area contributed by atoms with Crippen LogP contribution in [-0.4, -0.2) is 41.6 Å². The first kappa shape index (κ1) is 20.7. The minimum Gasteiger partial charge on any atom is -0.367 e. The number of carbonyl (C=O) groups is 2. The van der Waals surface area contributed by atoms with Crippen LogP contribution in [0, 0.1) is 0 Å². The first-order valence-corrected chi connectivity index (χ1v) is 13.0. The van der Waals surface area contributed by atoms with E-state index in [1.807, 2.05) is 35.2 Å². The number of fused-ring (bicyclic) bond motifs is 2. The van der Waals surface area contributed by atoms with E-state index in [0.29, 0.717) is 11.7 Å². The van der Waals surface area contributed by atoms with Crippen LogP contribution in [0.1, 0.15) is 36.1 Å². The second kappa shape index (κ2) is 9.12. The molecule has 3 aliphatic heterocycles. The Morgan fingerprint density at radius 2 is 2.03 bits per heavy atom. The molecule has 8 heteroatoms. The van der Waals surface area contributed by atoms with Gasteiger partial charge in [-0.05, 0) is 60.5 Å². The quantitative estimate of drug-likeness (QED) is 0.435. The zero-order valence-electron chi connectivity index (χ0n) is 17.4. The summed E-state index contributed by atoms with van der Waals surface area (Å²) < 4.78 is 0. The van der Waals surface area contributed by atoms with Gasteiger partial charge >= 0.3 is 6.03 Å². The summed E-state index contributed by atoms with van der Waals surface area (Å²) in [6, 6.07) is 10.9. The SMILES string of the molecule is O=C(CCCC[C@@H]1SC[C@@H]2NC(=O)N[C@@H]21)Nc1ccc(N2CCc3sccc3C2)cc1. The molecule has 2 aromatic rings. The first-order chi connectivity index (χ1) is 15.2. The normalized spacial score (nSPS) is 24.3. The highest BCUT2D eigenvalue weighted by atomic mass is 32.2. The Morgan fingerprint density at radius 3 is 2.90 bits per heavy atom. The van der Waals surface area contributed by atoms with Crippen LogP contribution in [0.5, 0.6) is 0 Å². The van der Waals surface area contributed by atoms with Crippen LogP contribution < -0.4 is 20.9 Å². The Kier molecular flexibility index (Phi) is 6.09. The molecule has 3 atom stereocenters. The summed E-state index contributed by atoms with van der Waals surface area (Å²) >= 11 is 3.78. The number of thioether (sulfide) groups is 1. The number of thiophene rings is 1. The van der Waals surface area contributed by atoms with Crippen LogP contribution in [-0.2, 0) is 17.8 Å². The van der Waals surface area contributed by atoms with Crippen LogP contribution in [0.4, 0.5) is 16.2 Å². The molecule has 2 saturated heterocycles. The van der Waals surface area contributed by atoms with Crippen molar-refractivity contribution in [2.24, 2.45) is 0 Å². The van der Waals surface area contributed by atoms with Gasteiger partial charge in [0.2, 0.25) is 5.91 Å². The van der Waals surface area contributed by atoms with Gasteiger partial charge in [0, 0.05) is 46.8 Å². The Hall–Kier alpha value is -2.19. The molecule has 6 nitrogen and oxygen atoms in total. The molecule has 0 unspecified atom stereocenters. The number of amides is 3. The minimum atomic E-state index is -0.0396. The molecule has 5 rings (SSSR count). The third-order valence-electron chi connectivity index (χ3n) is 6.40. The van der Waals surface area contributed by atoms with Crippen LogP contribution in [0.3, 0.4) is 0 Å². The molecule has 0 bridgehead atoms. The average Bonchev–Trinajstić information content (AvgIpc) is 3.47. The van der Waals surface area contributed by atoms with Gasteiger partial charge in [-0.3, -0.25) is 4.79 Å². The van der Waals surface area contributed by atoms with E-state index in [9.17, 15) is 9.59 Å². The third-order valence-corrected chi connectivity index (χ3v) is 8.94. The maximum Gasteiger partial charge on any atom is 0.315 e. The maximum absolute atomic E-state index is 12.3. The minimum absolute atomic E-state index is 0.0396. The highest BCUT2D eigenvalue weighted by Gasteiger charge is 2.42. The fraction of sp³-hybridized carbons (Fsp3) is 0.478. The van der Waals surface area contributed by atoms with Crippen molar-refractivity contribution in [3.05, 3.63) is 46.2 Å². The molecule has 164 valence electrons. The Labute approximate surface area is 191 Å². The molecular weight excluding hydrogens is 428 g/mol. The number of unbranched alkanes of at least 4 members (excludes halogenated alkanes) is 1. The first-order valence-electron chi connectivity index (χ1n) is 11.0. The third kappa shape index (κ3) is 4.70. The van der Waals surface area contributed by atoms with E-state index < -0.39 is 0 Å². The van der Waals surface area contributed by atoms with Gasteiger partial charge in [0.05, 0.1) is 12.1 Å². The van der Waals surface area contributed by atoms with E-state index in [1.165, 1.54) is 16.1 Å². The molecule has 2 fully saturated rings. The van der Waals surface area contributed by atoms with Crippen molar-refractivity contribution >= 4 is 46.4 Å². The summed E-state index contributed by atoms with van der Waals surface area (Å²) in [6.07, 6.45) is 4.55. The number of hydrogen-bond acceptors (Lipinski definition) is 5.